The SMILES string of the molecule is Cc1ccc(S(=O)(=O)N2CCCC2)cc1C(=O)N1CCC[C@H](C)C1. The molecule has 0 aromatic heterocycles. The molecular formula is C18H26N2O3S. The Kier molecular flexibility index (Phi) is 4.97. The molecule has 132 valence electrons. The number of hydrogen-bond donors (Lipinski definition) is 0. The van der Waals surface area contributed by atoms with Crippen LogP contribution in [-0.2, 0) is 10.0 Å². The molecule has 24 heavy (non-hydrogen) atoms. The Morgan fingerprint density at radius 1 is 1.12 bits per heavy atom. The van der Waals surface area contributed by atoms with Gasteiger partial charge in [0.2, 0.25) is 10.0 Å². The van der Waals surface area contributed by atoms with Gasteiger partial charge in [-0.15, -0.1) is 0 Å². The van der Waals surface area contributed by atoms with Crippen molar-refractivity contribution < 1.29 is 13.2 Å². The minimum Gasteiger partial charge on any atom is -0.338 e. The van der Waals surface area contributed by atoms with Gasteiger partial charge in [0.1, 0.15) is 0 Å². The largest absolute Gasteiger partial charge is 0.338 e. The average Bonchev–Trinajstić information content (AvgIpc) is 3.10. The van der Waals surface area contributed by atoms with Gasteiger partial charge in [-0.25, -0.2) is 8.42 Å². The molecule has 0 spiro atoms. The van der Waals surface area contributed by atoms with Gasteiger partial charge >= 0.3 is 0 Å². The maximum absolute atomic E-state index is 12.9. The summed E-state index contributed by atoms with van der Waals surface area (Å²) in [7, 11) is -3.49. The van der Waals surface area contributed by atoms with Crippen LogP contribution in [0.15, 0.2) is 23.1 Å². The fourth-order valence-electron chi connectivity index (χ4n) is 3.61. The molecule has 5 nitrogen and oxygen atoms in total. The Bertz CT molecular complexity index is 724. The second-order valence-electron chi connectivity index (χ2n) is 7.09. The third kappa shape index (κ3) is 3.35. The first-order valence-electron chi connectivity index (χ1n) is 8.79. The van der Waals surface area contributed by atoms with Crippen LogP contribution in [0.1, 0.15) is 48.5 Å². The molecule has 2 heterocycles. The van der Waals surface area contributed by atoms with Crippen molar-refractivity contribution in [2.24, 2.45) is 5.92 Å². The summed E-state index contributed by atoms with van der Waals surface area (Å²) in [6.45, 7) is 6.67. The molecule has 2 aliphatic rings. The van der Waals surface area contributed by atoms with Gasteiger partial charge in [0, 0.05) is 31.7 Å². The Hall–Kier alpha value is -1.40. The molecular weight excluding hydrogens is 324 g/mol. The van der Waals surface area contributed by atoms with Crippen LogP contribution in [-0.4, -0.2) is 49.7 Å². The van der Waals surface area contributed by atoms with Crippen molar-refractivity contribution in [1.82, 2.24) is 9.21 Å². The lowest BCUT2D eigenvalue weighted by Gasteiger charge is -2.31. The first-order valence-corrected chi connectivity index (χ1v) is 10.2. The molecule has 1 aromatic rings. The van der Waals surface area contributed by atoms with Crippen molar-refractivity contribution in [2.75, 3.05) is 26.2 Å². The molecule has 2 aliphatic heterocycles. The number of aryl methyl sites for hydroxylation is 1. The number of likely N-dealkylation sites (tertiary alicyclic amines) is 1. The Morgan fingerprint density at radius 2 is 1.83 bits per heavy atom. The molecule has 1 aromatic carbocycles. The highest BCUT2D eigenvalue weighted by Gasteiger charge is 2.29. The van der Waals surface area contributed by atoms with Crippen molar-refractivity contribution in [3.05, 3.63) is 29.3 Å². The van der Waals surface area contributed by atoms with Crippen molar-refractivity contribution >= 4 is 15.9 Å². The molecule has 3 rings (SSSR count). The lowest BCUT2D eigenvalue weighted by Crippen LogP contribution is -2.39. The predicted molar refractivity (Wildman–Crippen MR) is 93.5 cm³/mol. The Balaban J connectivity index is 1.90. The summed E-state index contributed by atoms with van der Waals surface area (Å²) in [5.41, 5.74) is 1.35. The van der Waals surface area contributed by atoms with Gasteiger partial charge in [0.05, 0.1) is 4.90 Å². The van der Waals surface area contributed by atoms with Gasteiger partial charge in [-0.3, -0.25) is 4.79 Å². The smallest absolute Gasteiger partial charge is 0.254 e. The van der Waals surface area contributed by atoms with Gasteiger partial charge in [-0.05, 0) is 56.2 Å². The maximum Gasteiger partial charge on any atom is 0.254 e. The molecule has 0 radical (unpaired) electrons. The molecule has 0 unspecified atom stereocenters. The number of piperidine rings is 1. The first-order chi connectivity index (χ1) is 11.4. The number of carbonyl (C=O) groups is 1. The molecule has 0 bridgehead atoms. The number of nitrogens with zero attached hydrogens (tertiary/aromatic N) is 2. The van der Waals surface area contributed by atoms with Crippen LogP contribution in [0.4, 0.5) is 0 Å². The van der Waals surface area contributed by atoms with E-state index in [1.165, 1.54) is 4.31 Å². The van der Waals surface area contributed by atoms with Crippen LogP contribution in [0.2, 0.25) is 0 Å². The first kappa shape index (κ1) is 17.4. The van der Waals surface area contributed by atoms with Gasteiger partial charge in [0.25, 0.3) is 5.91 Å². The number of rotatable bonds is 3. The number of hydrogen-bond acceptors (Lipinski definition) is 3. The number of carbonyl (C=O) groups excluding carboxylic acids is 1. The van der Waals surface area contributed by atoms with Crippen molar-refractivity contribution in [1.29, 1.82) is 0 Å². The number of sulfonamides is 1. The minimum absolute atomic E-state index is 0.0440. The zero-order chi connectivity index (χ0) is 17.3. The maximum atomic E-state index is 12.9. The minimum atomic E-state index is -3.49. The molecule has 6 heteroatoms. The standard InChI is InChI=1S/C18H26N2O3S/c1-14-6-5-9-19(13-14)18(21)17-12-16(8-7-15(17)2)24(22,23)20-10-3-4-11-20/h7-8,12,14H,3-6,9-11,13H2,1-2H3/t14-/m0/s1. The molecule has 0 N–H and O–H groups in total. The fourth-order valence-corrected chi connectivity index (χ4v) is 5.16. The van der Waals surface area contributed by atoms with Crippen LogP contribution in [0.3, 0.4) is 0 Å². The van der Waals surface area contributed by atoms with Crippen LogP contribution in [0.5, 0.6) is 0 Å². The molecule has 2 fully saturated rings. The van der Waals surface area contributed by atoms with E-state index >= 15 is 0 Å². The molecule has 0 saturated carbocycles. The van der Waals surface area contributed by atoms with Crippen LogP contribution < -0.4 is 0 Å². The van der Waals surface area contributed by atoms with Crippen LogP contribution >= 0.6 is 0 Å². The second-order valence-corrected chi connectivity index (χ2v) is 9.02. The second kappa shape index (κ2) is 6.84. The number of benzene rings is 1. The average molecular weight is 350 g/mol. The molecule has 2 saturated heterocycles. The summed E-state index contributed by atoms with van der Waals surface area (Å²) >= 11 is 0. The predicted octanol–water partition coefficient (Wildman–Crippen LogP) is 2.65. The highest BCUT2D eigenvalue weighted by atomic mass is 32.2. The molecule has 1 atom stereocenters. The zero-order valence-corrected chi connectivity index (χ0v) is 15.3. The van der Waals surface area contributed by atoms with Gasteiger partial charge in [-0.2, -0.15) is 4.31 Å². The highest BCUT2D eigenvalue weighted by Crippen LogP contribution is 2.25. The summed E-state index contributed by atoms with van der Waals surface area (Å²) < 4.78 is 27.0. The quantitative estimate of drug-likeness (QED) is 0.842. The van der Waals surface area contributed by atoms with E-state index in [4.69, 9.17) is 0 Å². The molecule has 0 aliphatic carbocycles. The lowest BCUT2D eigenvalue weighted by molar-refractivity contribution is 0.0682. The van der Waals surface area contributed by atoms with Crippen molar-refractivity contribution in [2.45, 2.75) is 44.4 Å². The summed E-state index contributed by atoms with van der Waals surface area (Å²) in [6, 6.07) is 4.95. The van der Waals surface area contributed by atoms with E-state index in [0.717, 1.165) is 44.3 Å². The van der Waals surface area contributed by atoms with Crippen LogP contribution in [0.25, 0.3) is 0 Å². The number of amides is 1. The van der Waals surface area contributed by atoms with E-state index in [1.54, 1.807) is 18.2 Å². The summed E-state index contributed by atoms with van der Waals surface area (Å²) in [5.74, 6) is 0.456. The summed E-state index contributed by atoms with van der Waals surface area (Å²) in [5, 5.41) is 0. The Labute approximate surface area is 144 Å². The normalized spacial score (nSPS) is 22.8. The van der Waals surface area contributed by atoms with Gasteiger partial charge in [-0.1, -0.05) is 13.0 Å². The highest BCUT2D eigenvalue weighted by molar-refractivity contribution is 7.89. The van der Waals surface area contributed by atoms with E-state index < -0.39 is 10.0 Å². The third-order valence-electron chi connectivity index (χ3n) is 5.09. The Morgan fingerprint density at radius 3 is 2.50 bits per heavy atom. The van der Waals surface area contributed by atoms with Crippen molar-refractivity contribution in [3.63, 3.8) is 0 Å². The van der Waals surface area contributed by atoms with Gasteiger partial charge in [0.15, 0.2) is 0 Å². The van der Waals surface area contributed by atoms with E-state index in [-0.39, 0.29) is 10.8 Å². The van der Waals surface area contributed by atoms with E-state index in [9.17, 15) is 13.2 Å². The zero-order valence-electron chi connectivity index (χ0n) is 14.5. The van der Waals surface area contributed by atoms with Crippen LogP contribution in [0, 0.1) is 12.8 Å². The monoisotopic (exact) mass is 350 g/mol. The van der Waals surface area contributed by atoms with E-state index in [2.05, 4.69) is 6.92 Å². The van der Waals surface area contributed by atoms with E-state index in [1.807, 2.05) is 11.8 Å². The third-order valence-corrected chi connectivity index (χ3v) is 6.98. The summed E-state index contributed by atoms with van der Waals surface area (Å²) in [6.07, 6.45) is 3.97. The fraction of sp³-hybridized carbons (Fsp3) is 0.611. The lowest BCUT2D eigenvalue weighted by atomic mass is 9.99. The summed E-state index contributed by atoms with van der Waals surface area (Å²) in [4.78, 5) is 15.0. The van der Waals surface area contributed by atoms with Gasteiger partial charge < -0.3 is 4.90 Å². The van der Waals surface area contributed by atoms with E-state index in [0.29, 0.717) is 24.6 Å². The topological polar surface area (TPSA) is 57.7 Å². The van der Waals surface area contributed by atoms with Crippen molar-refractivity contribution in [3.8, 4) is 0 Å². The molecule has 1 amide bonds.